The summed E-state index contributed by atoms with van der Waals surface area (Å²) in [6, 6.07) is 4.64. The highest BCUT2D eigenvalue weighted by atomic mass is 127. The number of nitrogens with zero attached hydrogens (tertiary/aromatic N) is 3. The van der Waals surface area contributed by atoms with Gasteiger partial charge in [0.05, 0.1) is 0 Å². The highest BCUT2D eigenvalue weighted by Gasteiger charge is 2.18. The van der Waals surface area contributed by atoms with E-state index < -0.39 is 17.2 Å². The standard InChI is InChI=1S/C14H13FIN3O2/c1-8-7-19(11-5-4-9(16)6-10(11)15)17-12(13(8)20)14(21)18(2)3/h4-7H,1-3H3. The normalized spacial score (nSPS) is 10.5. The summed E-state index contributed by atoms with van der Waals surface area (Å²) in [5, 5.41) is 3.99. The lowest BCUT2D eigenvalue weighted by atomic mass is 10.2. The molecule has 0 radical (unpaired) electrons. The van der Waals surface area contributed by atoms with Crippen molar-refractivity contribution in [2.75, 3.05) is 14.1 Å². The van der Waals surface area contributed by atoms with Crippen LogP contribution in [0, 0.1) is 16.3 Å². The number of hydrogen-bond donors (Lipinski definition) is 0. The topological polar surface area (TPSA) is 55.2 Å². The van der Waals surface area contributed by atoms with Gasteiger partial charge in [0, 0.05) is 29.4 Å². The number of carbonyl (C=O) groups is 1. The predicted molar refractivity (Wildman–Crippen MR) is 85.3 cm³/mol. The molecule has 0 bridgehead atoms. The van der Waals surface area contributed by atoms with E-state index >= 15 is 0 Å². The molecule has 7 heteroatoms. The van der Waals surface area contributed by atoms with Crippen LogP contribution in [0.25, 0.3) is 5.69 Å². The lowest BCUT2D eigenvalue weighted by Gasteiger charge is -2.13. The minimum absolute atomic E-state index is 0.186. The zero-order chi connectivity index (χ0) is 15.7. The van der Waals surface area contributed by atoms with Crippen molar-refractivity contribution < 1.29 is 9.18 Å². The molecule has 0 atom stereocenters. The zero-order valence-electron chi connectivity index (χ0n) is 11.7. The molecule has 0 aliphatic carbocycles. The number of carbonyl (C=O) groups excluding carboxylic acids is 1. The smallest absolute Gasteiger partial charge is 0.277 e. The minimum Gasteiger partial charge on any atom is -0.343 e. The summed E-state index contributed by atoms with van der Waals surface area (Å²) in [4.78, 5) is 25.3. The average Bonchev–Trinajstić information content (AvgIpc) is 2.41. The summed E-state index contributed by atoms with van der Waals surface area (Å²) in [6.45, 7) is 1.57. The van der Waals surface area contributed by atoms with Gasteiger partial charge in [0.25, 0.3) is 5.91 Å². The second-order valence-electron chi connectivity index (χ2n) is 4.73. The van der Waals surface area contributed by atoms with Gasteiger partial charge in [0.1, 0.15) is 11.5 Å². The zero-order valence-corrected chi connectivity index (χ0v) is 13.9. The van der Waals surface area contributed by atoms with E-state index in [4.69, 9.17) is 0 Å². The fourth-order valence-corrected chi connectivity index (χ4v) is 2.21. The Morgan fingerprint density at radius 1 is 1.38 bits per heavy atom. The highest BCUT2D eigenvalue weighted by molar-refractivity contribution is 14.1. The van der Waals surface area contributed by atoms with Gasteiger partial charge in [-0.05, 0) is 47.7 Å². The number of hydrogen-bond acceptors (Lipinski definition) is 3. The van der Waals surface area contributed by atoms with Crippen molar-refractivity contribution in [1.82, 2.24) is 14.7 Å². The molecule has 0 N–H and O–H groups in total. The summed E-state index contributed by atoms with van der Waals surface area (Å²) in [6.07, 6.45) is 1.42. The van der Waals surface area contributed by atoms with Crippen LogP contribution < -0.4 is 5.43 Å². The molecule has 1 heterocycles. The Balaban J connectivity index is 2.66. The van der Waals surface area contributed by atoms with E-state index in [9.17, 15) is 14.0 Å². The fraction of sp³-hybridized carbons (Fsp3) is 0.214. The first kappa shape index (κ1) is 15.6. The molecule has 0 saturated carbocycles. The van der Waals surface area contributed by atoms with Gasteiger partial charge in [-0.25, -0.2) is 9.07 Å². The third kappa shape index (κ3) is 3.12. The maximum atomic E-state index is 14.0. The maximum Gasteiger partial charge on any atom is 0.277 e. The molecule has 2 rings (SSSR count). The van der Waals surface area contributed by atoms with Crippen molar-refractivity contribution in [3.05, 3.63) is 55.3 Å². The van der Waals surface area contributed by atoms with Crippen molar-refractivity contribution in [2.24, 2.45) is 0 Å². The summed E-state index contributed by atoms with van der Waals surface area (Å²) >= 11 is 2.00. The Morgan fingerprint density at radius 2 is 2.05 bits per heavy atom. The van der Waals surface area contributed by atoms with E-state index in [1.165, 1.54) is 35.9 Å². The number of halogens is 2. The van der Waals surface area contributed by atoms with E-state index in [0.29, 0.717) is 5.56 Å². The summed E-state index contributed by atoms with van der Waals surface area (Å²) in [7, 11) is 3.06. The Kier molecular flexibility index (Phi) is 4.40. The van der Waals surface area contributed by atoms with Crippen LogP contribution in [-0.4, -0.2) is 34.7 Å². The molecular formula is C14H13FIN3O2. The van der Waals surface area contributed by atoms with E-state index in [1.54, 1.807) is 19.1 Å². The largest absolute Gasteiger partial charge is 0.343 e. The molecule has 21 heavy (non-hydrogen) atoms. The summed E-state index contributed by atoms with van der Waals surface area (Å²) in [5.41, 5.74) is -0.159. The van der Waals surface area contributed by atoms with Crippen LogP contribution in [-0.2, 0) is 0 Å². The van der Waals surface area contributed by atoms with Gasteiger partial charge >= 0.3 is 0 Å². The van der Waals surface area contributed by atoms with Gasteiger partial charge in [-0.1, -0.05) is 0 Å². The molecule has 2 aromatic rings. The monoisotopic (exact) mass is 401 g/mol. The van der Waals surface area contributed by atoms with Gasteiger partial charge in [-0.2, -0.15) is 5.10 Å². The minimum atomic E-state index is -0.511. The molecular weight excluding hydrogens is 388 g/mol. The molecule has 0 fully saturated rings. The van der Waals surface area contributed by atoms with Crippen LogP contribution in [0.3, 0.4) is 0 Å². The van der Waals surface area contributed by atoms with Crippen molar-refractivity contribution in [1.29, 1.82) is 0 Å². The van der Waals surface area contributed by atoms with E-state index in [-0.39, 0.29) is 11.4 Å². The molecule has 1 amide bonds. The van der Waals surface area contributed by atoms with Crippen LogP contribution in [0.1, 0.15) is 16.1 Å². The molecule has 0 aliphatic rings. The van der Waals surface area contributed by atoms with Gasteiger partial charge in [0.2, 0.25) is 5.43 Å². The lowest BCUT2D eigenvalue weighted by molar-refractivity contribution is 0.0818. The van der Waals surface area contributed by atoms with Gasteiger partial charge < -0.3 is 4.90 Å². The molecule has 110 valence electrons. The molecule has 0 unspecified atom stereocenters. The van der Waals surface area contributed by atoms with Crippen molar-refractivity contribution >= 4 is 28.5 Å². The SMILES string of the molecule is Cc1cn(-c2ccc(I)cc2F)nc(C(=O)N(C)C)c1=O. The van der Waals surface area contributed by atoms with Crippen molar-refractivity contribution in [2.45, 2.75) is 6.92 Å². The Morgan fingerprint density at radius 3 is 2.62 bits per heavy atom. The van der Waals surface area contributed by atoms with Gasteiger partial charge in [-0.15, -0.1) is 0 Å². The Hall–Kier alpha value is -1.77. The molecule has 0 aliphatic heterocycles. The van der Waals surface area contributed by atoms with Gasteiger partial charge in [0.15, 0.2) is 5.69 Å². The summed E-state index contributed by atoms with van der Waals surface area (Å²) in [5.74, 6) is -0.982. The first-order chi connectivity index (χ1) is 9.81. The van der Waals surface area contributed by atoms with Crippen molar-refractivity contribution in [3.63, 3.8) is 0 Å². The number of rotatable bonds is 2. The number of amides is 1. The third-order valence-electron chi connectivity index (χ3n) is 2.86. The van der Waals surface area contributed by atoms with Gasteiger partial charge in [-0.3, -0.25) is 9.59 Å². The Labute approximate surface area is 134 Å². The molecule has 0 spiro atoms. The second-order valence-corrected chi connectivity index (χ2v) is 5.98. The van der Waals surface area contributed by atoms with Crippen molar-refractivity contribution in [3.8, 4) is 5.69 Å². The molecule has 5 nitrogen and oxygen atoms in total. The van der Waals surface area contributed by atoms with E-state index in [2.05, 4.69) is 5.10 Å². The fourth-order valence-electron chi connectivity index (χ4n) is 1.75. The first-order valence-electron chi connectivity index (χ1n) is 6.09. The number of benzene rings is 1. The molecule has 0 saturated heterocycles. The number of aryl methyl sites for hydroxylation is 1. The van der Waals surface area contributed by atoms with Crippen LogP contribution >= 0.6 is 22.6 Å². The number of aromatic nitrogens is 2. The second kappa shape index (κ2) is 5.92. The average molecular weight is 401 g/mol. The van der Waals surface area contributed by atoms with Crippen LogP contribution in [0.15, 0.2) is 29.2 Å². The van der Waals surface area contributed by atoms with Crippen LogP contribution in [0.5, 0.6) is 0 Å². The third-order valence-corrected chi connectivity index (χ3v) is 3.53. The molecule has 1 aromatic heterocycles. The van der Waals surface area contributed by atoms with E-state index in [1.807, 2.05) is 22.6 Å². The lowest BCUT2D eigenvalue weighted by Crippen LogP contribution is -2.31. The maximum absolute atomic E-state index is 14.0. The first-order valence-corrected chi connectivity index (χ1v) is 7.17. The van der Waals surface area contributed by atoms with Crippen LogP contribution in [0.2, 0.25) is 0 Å². The highest BCUT2D eigenvalue weighted by Crippen LogP contribution is 2.15. The van der Waals surface area contributed by atoms with Crippen LogP contribution in [0.4, 0.5) is 4.39 Å². The van der Waals surface area contributed by atoms with E-state index in [0.717, 1.165) is 3.57 Å². The quantitative estimate of drug-likeness (QED) is 0.724. The predicted octanol–water partition coefficient (Wildman–Crippen LogP) is 1.99. The molecule has 1 aromatic carbocycles. The summed E-state index contributed by atoms with van der Waals surface area (Å²) < 4.78 is 16.0. The Bertz CT molecular complexity index is 771.